The van der Waals surface area contributed by atoms with E-state index >= 15 is 0 Å². The summed E-state index contributed by atoms with van der Waals surface area (Å²) in [5.74, 6) is 1.57. The zero-order chi connectivity index (χ0) is 14.8. The molecule has 5 nitrogen and oxygen atoms in total. The topological polar surface area (TPSA) is 41.5 Å². The predicted octanol–water partition coefficient (Wildman–Crippen LogP) is 1.95. The van der Waals surface area contributed by atoms with E-state index in [9.17, 15) is 0 Å². The monoisotopic (exact) mass is 302 g/mol. The lowest BCUT2D eigenvalue weighted by Crippen LogP contribution is -2.65. The molecule has 0 bridgehead atoms. The van der Waals surface area contributed by atoms with Crippen molar-refractivity contribution in [3.63, 3.8) is 0 Å². The molecule has 0 saturated carbocycles. The van der Waals surface area contributed by atoms with Crippen LogP contribution in [0.1, 0.15) is 32.1 Å². The highest BCUT2D eigenvalue weighted by molar-refractivity contribution is 5.36. The normalized spacial score (nSPS) is 28.5. The van der Waals surface area contributed by atoms with Gasteiger partial charge in [-0.25, -0.2) is 9.97 Å². The average Bonchev–Trinajstić information content (AvgIpc) is 2.55. The number of anilines is 1. The predicted molar refractivity (Wildman–Crippen MR) is 85.9 cm³/mol. The number of ether oxygens (including phenoxy) is 1. The van der Waals surface area contributed by atoms with Crippen LogP contribution in [0.15, 0.2) is 18.5 Å². The zero-order valence-electron chi connectivity index (χ0n) is 13.3. The second-order valence-corrected chi connectivity index (χ2v) is 7.16. The van der Waals surface area contributed by atoms with Crippen molar-refractivity contribution in [2.45, 2.75) is 37.7 Å². The van der Waals surface area contributed by atoms with E-state index in [1.165, 1.54) is 51.7 Å². The lowest BCUT2D eigenvalue weighted by molar-refractivity contribution is -0.120. The third kappa shape index (κ3) is 2.97. The third-order valence-corrected chi connectivity index (χ3v) is 5.39. The van der Waals surface area contributed by atoms with Gasteiger partial charge in [0.25, 0.3) is 0 Å². The molecule has 5 heteroatoms. The van der Waals surface area contributed by atoms with Gasteiger partial charge in [-0.1, -0.05) is 6.42 Å². The Balaban J connectivity index is 1.25. The van der Waals surface area contributed by atoms with Crippen molar-refractivity contribution in [3.05, 3.63) is 18.5 Å². The van der Waals surface area contributed by atoms with Crippen LogP contribution in [-0.4, -0.2) is 59.8 Å². The van der Waals surface area contributed by atoms with Crippen molar-refractivity contribution >= 4 is 5.95 Å². The second-order valence-electron chi connectivity index (χ2n) is 7.16. The Bertz CT molecular complexity index is 473. The van der Waals surface area contributed by atoms with Crippen molar-refractivity contribution < 1.29 is 4.74 Å². The molecule has 0 amide bonds. The molecule has 0 unspecified atom stereocenters. The highest BCUT2D eigenvalue weighted by Crippen LogP contribution is 2.37. The average molecular weight is 302 g/mol. The van der Waals surface area contributed by atoms with Gasteiger partial charge in [-0.3, -0.25) is 0 Å². The summed E-state index contributed by atoms with van der Waals surface area (Å²) >= 11 is 0. The Morgan fingerprint density at radius 1 is 1.14 bits per heavy atom. The van der Waals surface area contributed by atoms with Gasteiger partial charge in [0, 0.05) is 18.9 Å². The molecule has 0 aliphatic carbocycles. The Hall–Kier alpha value is -1.20. The molecule has 22 heavy (non-hydrogen) atoms. The van der Waals surface area contributed by atoms with Gasteiger partial charge in [0.2, 0.25) is 5.95 Å². The van der Waals surface area contributed by atoms with Crippen molar-refractivity contribution in [2.24, 2.45) is 5.92 Å². The molecule has 4 rings (SSSR count). The second kappa shape index (κ2) is 6.13. The number of piperidine rings is 1. The lowest BCUT2D eigenvalue weighted by Gasteiger charge is -2.53. The van der Waals surface area contributed by atoms with Gasteiger partial charge in [0.1, 0.15) is 5.60 Å². The van der Waals surface area contributed by atoms with Crippen LogP contribution < -0.4 is 4.90 Å². The first-order valence-electron chi connectivity index (χ1n) is 8.71. The van der Waals surface area contributed by atoms with Gasteiger partial charge < -0.3 is 14.5 Å². The number of aromatic nitrogens is 2. The summed E-state index contributed by atoms with van der Waals surface area (Å²) in [4.78, 5) is 13.5. The summed E-state index contributed by atoms with van der Waals surface area (Å²) in [6, 6.07) is 1.86. The summed E-state index contributed by atoms with van der Waals surface area (Å²) in [6.07, 6.45) is 10.3. The van der Waals surface area contributed by atoms with Gasteiger partial charge in [0.15, 0.2) is 0 Å². The van der Waals surface area contributed by atoms with Gasteiger partial charge in [-0.2, -0.15) is 0 Å². The summed E-state index contributed by atoms with van der Waals surface area (Å²) in [6.45, 7) is 6.66. The molecule has 1 aromatic heterocycles. The van der Waals surface area contributed by atoms with Crippen molar-refractivity contribution in [1.82, 2.24) is 14.9 Å². The molecule has 1 spiro atoms. The first kappa shape index (κ1) is 14.4. The standard InChI is InChI=1S/C17H26N4O/c1-2-9-20(10-3-1)11-15-5-6-17(22-12-15)13-21(14-17)16-18-7-4-8-19-16/h4,7-8,15H,1-3,5-6,9-14H2/t15-/m1/s1. The fraction of sp³-hybridized carbons (Fsp3) is 0.765. The lowest BCUT2D eigenvalue weighted by atomic mass is 9.83. The van der Waals surface area contributed by atoms with Crippen LogP contribution in [0, 0.1) is 5.92 Å². The highest BCUT2D eigenvalue weighted by Gasteiger charge is 2.47. The van der Waals surface area contributed by atoms with Crippen LogP contribution >= 0.6 is 0 Å². The van der Waals surface area contributed by atoms with Crippen molar-refractivity contribution in [1.29, 1.82) is 0 Å². The zero-order valence-corrected chi connectivity index (χ0v) is 13.3. The van der Waals surface area contributed by atoms with Crippen LogP contribution in [0.4, 0.5) is 5.95 Å². The number of hydrogen-bond acceptors (Lipinski definition) is 5. The Morgan fingerprint density at radius 2 is 1.91 bits per heavy atom. The molecule has 3 aliphatic rings. The molecule has 120 valence electrons. The molecule has 3 fully saturated rings. The first-order valence-corrected chi connectivity index (χ1v) is 8.71. The Morgan fingerprint density at radius 3 is 2.59 bits per heavy atom. The van der Waals surface area contributed by atoms with Gasteiger partial charge in [-0.05, 0) is 50.8 Å². The van der Waals surface area contributed by atoms with E-state index in [2.05, 4.69) is 19.8 Å². The third-order valence-electron chi connectivity index (χ3n) is 5.39. The molecule has 0 radical (unpaired) electrons. The summed E-state index contributed by atoms with van der Waals surface area (Å²) in [5.41, 5.74) is 0.0810. The first-order chi connectivity index (χ1) is 10.8. The minimum absolute atomic E-state index is 0.0810. The minimum atomic E-state index is 0.0810. The molecule has 4 heterocycles. The number of hydrogen-bond donors (Lipinski definition) is 0. The number of rotatable bonds is 3. The Kier molecular flexibility index (Phi) is 4.01. The highest BCUT2D eigenvalue weighted by atomic mass is 16.5. The van der Waals surface area contributed by atoms with Crippen LogP contribution in [0.3, 0.4) is 0 Å². The molecule has 1 atom stereocenters. The summed E-state index contributed by atoms with van der Waals surface area (Å²) < 4.78 is 6.28. The molecule has 0 N–H and O–H groups in total. The van der Waals surface area contributed by atoms with Crippen molar-refractivity contribution in [3.8, 4) is 0 Å². The van der Waals surface area contributed by atoms with Crippen LogP contribution in [0.2, 0.25) is 0 Å². The minimum Gasteiger partial charge on any atom is -0.371 e. The van der Waals surface area contributed by atoms with E-state index in [0.717, 1.165) is 31.6 Å². The van der Waals surface area contributed by atoms with E-state index in [1.54, 1.807) is 0 Å². The maximum Gasteiger partial charge on any atom is 0.225 e. The smallest absolute Gasteiger partial charge is 0.225 e. The van der Waals surface area contributed by atoms with E-state index in [0.29, 0.717) is 0 Å². The Labute approximate surface area is 132 Å². The molecule has 3 saturated heterocycles. The number of nitrogens with zero attached hydrogens (tertiary/aromatic N) is 4. The van der Waals surface area contributed by atoms with Gasteiger partial charge >= 0.3 is 0 Å². The van der Waals surface area contributed by atoms with Crippen LogP contribution in [-0.2, 0) is 4.74 Å². The molecule has 1 aromatic rings. The summed E-state index contributed by atoms with van der Waals surface area (Å²) in [5, 5.41) is 0. The molecular weight excluding hydrogens is 276 g/mol. The van der Waals surface area contributed by atoms with Crippen LogP contribution in [0.5, 0.6) is 0 Å². The van der Waals surface area contributed by atoms with E-state index < -0.39 is 0 Å². The van der Waals surface area contributed by atoms with Gasteiger partial charge in [-0.15, -0.1) is 0 Å². The maximum atomic E-state index is 6.28. The SMILES string of the molecule is c1cnc(N2CC3(CC[C@H](CN4CCCCC4)CO3)C2)nc1. The maximum absolute atomic E-state index is 6.28. The molecular formula is C17H26N4O. The largest absolute Gasteiger partial charge is 0.371 e. The molecule has 3 aliphatic heterocycles. The van der Waals surface area contributed by atoms with E-state index in [4.69, 9.17) is 4.74 Å². The van der Waals surface area contributed by atoms with E-state index in [1.807, 2.05) is 18.5 Å². The number of likely N-dealkylation sites (tertiary alicyclic amines) is 1. The fourth-order valence-electron chi connectivity index (χ4n) is 4.06. The van der Waals surface area contributed by atoms with Crippen LogP contribution in [0.25, 0.3) is 0 Å². The molecule has 0 aromatic carbocycles. The van der Waals surface area contributed by atoms with E-state index in [-0.39, 0.29) is 5.60 Å². The van der Waals surface area contributed by atoms with Gasteiger partial charge in [0.05, 0.1) is 19.7 Å². The fourth-order valence-corrected chi connectivity index (χ4v) is 4.06. The summed E-state index contributed by atoms with van der Waals surface area (Å²) in [7, 11) is 0. The van der Waals surface area contributed by atoms with Crippen molar-refractivity contribution in [2.75, 3.05) is 44.2 Å². The quantitative estimate of drug-likeness (QED) is 0.853.